The van der Waals surface area contributed by atoms with Gasteiger partial charge in [0.05, 0.1) is 6.54 Å². The minimum atomic E-state index is -1.15. The van der Waals surface area contributed by atoms with E-state index in [1.54, 1.807) is 60.7 Å². The molecule has 0 heterocycles. The van der Waals surface area contributed by atoms with Crippen LogP contribution in [0.5, 0.6) is 11.5 Å². The lowest BCUT2D eigenvalue weighted by Gasteiger charge is -2.17. The molecule has 0 saturated carbocycles. The highest BCUT2D eigenvalue weighted by Gasteiger charge is 2.24. The Morgan fingerprint density at radius 3 is 1.94 bits per heavy atom. The van der Waals surface area contributed by atoms with Gasteiger partial charge in [0.15, 0.2) is 0 Å². The number of para-hydroxylation sites is 2. The second-order valence-corrected chi connectivity index (χ2v) is 6.20. The van der Waals surface area contributed by atoms with E-state index in [-0.39, 0.29) is 31.7 Å². The molecule has 0 spiro atoms. The molecule has 0 saturated heterocycles. The van der Waals surface area contributed by atoms with Crippen molar-refractivity contribution in [3.8, 4) is 11.5 Å². The first kappa shape index (κ1) is 23.2. The zero-order chi connectivity index (χ0) is 22.5. The molecule has 3 amide bonds. The topological polar surface area (TPSA) is 146 Å². The van der Waals surface area contributed by atoms with Gasteiger partial charge in [0.25, 0.3) is 0 Å². The van der Waals surface area contributed by atoms with Gasteiger partial charge in [-0.3, -0.25) is 4.79 Å². The summed E-state index contributed by atoms with van der Waals surface area (Å²) in [4.78, 5) is 47.1. The summed E-state index contributed by atoms with van der Waals surface area (Å²) in [6, 6.07) is 15.5. The Balaban J connectivity index is 1.78. The highest BCUT2D eigenvalue weighted by molar-refractivity contribution is 5.83. The summed E-state index contributed by atoms with van der Waals surface area (Å²) < 4.78 is 15.2. The van der Waals surface area contributed by atoms with Crippen molar-refractivity contribution >= 4 is 24.1 Å². The summed E-state index contributed by atoms with van der Waals surface area (Å²) in [6.07, 6.45) is -1.81. The molecule has 4 N–H and O–H groups in total. The van der Waals surface area contributed by atoms with Crippen LogP contribution in [0.15, 0.2) is 60.7 Å². The first-order chi connectivity index (χ1) is 14.9. The number of rotatable bonds is 10. The molecule has 0 aliphatic carbocycles. The van der Waals surface area contributed by atoms with Gasteiger partial charge in [0, 0.05) is 6.42 Å². The molecule has 0 aromatic heterocycles. The van der Waals surface area contributed by atoms with Crippen LogP contribution in [-0.2, 0) is 14.3 Å². The molecule has 31 heavy (non-hydrogen) atoms. The number of ether oxygens (including phenoxy) is 3. The maximum absolute atomic E-state index is 12.3. The standard InChI is InChI=1S/C21H23N3O7/c22-18(25)12-11-17(24-21(28)31-16-9-5-2-6-10-16)19(26)29-14-13-23-20(27)30-15-7-3-1-4-8-15/h1-10,17H,11-14H2,(H2,22,25)(H,23,27)(H,24,28)/t17-/m0/s1. The van der Waals surface area contributed by atoms with Gasteiger partial charge in [0.1, 0.15) is 24.1 Å². The van der Waals surface area contributed by atoms with E-state index >= 15 is 0 Å². The fourth-order valence-electron chi connectivity index (χ4n) is 2.34. The minimum Gasteiger partial charge on any atom is -0.462 e. The predicted octanol–water partition coefficient (Wildman–Crippen LogP) is 1.74. The van der Waals surface area contributed by atoms with Crippen LogP contribution in [0, 0.1) is 0 Å². The van der Waals surface area contributed by atoms with Gasteiger partial charge in [-0.2, -0.15) is 0 Å². The fraction of sp³-hybridized carbons (Fsp3) is 0.238. The third-order valence-corrected chi connectivity index (χ3v) is 3.78. The molecule has 1 atom stereocenters. The van der Waals surface area contributed by atoms with E-state index < -0.39 is 30.1 Å². The van der Waals surface area contributed by atoms with E-state index in [0.717, 1.165) is 0 Å². The van der Waals surface area contributed by atoms with Gasteiger partial charge in [-0.15, -0.1) is 0 Å². The van der Waals surface area contributed by atoms with Crippen LogP contribution < -0.4 is 25.8 Å². The van der Waals surface area contributed by atoms with E-state index in [1.165, 1.54) is 0 Å². The van der Waals surface area contributed by atoms with Gasteiger partial charge in [-0.05, 0) is 30.7 Å². The average Bonchev–Trinajstić information content (AvgIpc) is 2.75. The number of primary amides is 1. The van der Waals surface area contributed by atoms with Gasteiger partial charge in [-0.1, -0.05) is 36.4 Å². The van der Waals surface area contributed by atoms with E-state index in [1.807, 2.05) is 0 Å². The third kappa shape index (κ3) is 9.31. The quantitative estimate of drug-likeness (QED) is 0.385. The van der Waals surface area contributed by atoms with Crippen molar-refractivity contribution < 1.29 is 33.4 Å². The second kappa shape index (κ2) is 12.5. The molecule has 10 nitrogen and oxygen atoms in total. The van der Waals surface area contributed by atoms with Crippen molar-refractivity contribution in [3.05, 3.63) is 60.7 Å². The predicted molar refractivity (Wildman–Crippen MR) is 109 cm³/mol. The molecule has 0 fully saturated rings. The molecule has 2 rings (SSSR count). The number of hydrogen-bond donors (Lipinski definition) is 3. The summed E-state index contributed by atoms with van der Waals surface area (Å²) >= 11 is 0. The number of esters is 1. The Morgan fingerprint density at radius 2 is 1.39 bits per heavy atom. The lowest BCUT2D eigenvalue weighted by Crippen LogP contribution is -2.44. The van der Waals surface area contributed by atoms with Crippen molar-refractivity contribution in [2.75, 3.05) is 13.2 Å². The number of carbonyl (C=O) groups excluding carboxylic acids is 4. The van der Waals surface area contributed by atoms with E-state index in [2.05, 4.69) is 10.6 Å². The first-order valence-corrected chi connectivity index (χ1v) is 9.43. The van der Waals surface area contributed by atoms with Crippen LogP contribution in [0.25, 0.3) is 0 Å². The molecule has 0 bridgehead atoms. The van der Waals surface area contributed by atoms with Crippen LogP contribution >= 0.6 is 0 Å². The van der Waals surface area contributed by atoms with Crippen molar-refractivity contribution in [3.63, 3.8) is 0 Å². The average molecular weight is 429 g/mol. The largest absolute Gasteiger partial charge is 0.462 e. The molecular weight excluding hydrogens is 406 g/mol. The lowest BCUT2D eigenvalue weighted by molar-refractivity contribution is -0.146. The number of nitrogens with two attached hydrogens (primary N) is 1. The van der Waals surface area contributed by atoms with Crippen molar-refractivity contribution in [1.29, 1.82) is 0 Å². The Hall–Kier alpha value is -4.08. The third-order valence-electron chi connectivity index (χ3n) is 3.78. The van der Waals surface area contributed by atoms with Gasteiger partial charge < -0.3 is 30.6 Å². The SMILES string of the molecule is NC(=O)CC[C@H](NC(=O)Oc1ccccc1)C(=O)OCCNC(=O)Oc1ccccc1. The normalized spacial score (nSPS) is 11.0. The maximum atomic E-state index is 12.3. The van der Waals surface area contributed by atoms with Crippen molar-refractivity contribution in [2.45, 2.75) is 18.9 Å². The van der Waals surface area contributed by atoms with Crippen molar-refractivity contribution in [1.82, 2.24) is 10.6 Å². The van der Waals surface area contributed by atoms with E-state index in [0.29, 0.717) is 5.75 Å². The molecule has 0 aliphatic heterocycles. The number of nitrogens with one attached hydrogen (secondary N) is 2. The summed E-state index contributed by atoms with van der Waals surface area (Å²) in [5, 5.41) is 4.77. The molecule has 0 unspecified atom stereocenters. The maximum Gasteiger partial charge on any atom is 0.413 e. The number of hydrogen-bond acceptors (Lipinski definition) is 7. The highest BCUT2D eigenvalue weighted by Crippen LogP contribution is 2.10. The van der Waals surface area contributed by atoms with E-state index in [9.17, 15) is 19.2 Å². The highest BCUT2D eigenvalue weighted by atomic mass is 16.6. The van der Waals surface area contributed by atoms with Crippen LogP contribution in [0.1, 0.15) is 12.8 Å². The number of benzene rings is 2. The molecule has 164 valence electrons. The van der Waals surface area contributed by atoms with Crippen LogP contribution in [0.2, 0.25) is 0 Å². The van der Waals surface area contributed by atoms with Crippen LogP contribution in [0.3, 0.4) is 0 Å². The fourth-order valence-corrected chi connectivity index (χ4v) is 2.34. The summed E-state index contributed by atoms with van der Waals surface area (Å²) in [7, 11) is 0. The molecule has 0 aliphatic rings. The van der Waals surface area contributed by atoms with Crippen molar-refractivity contribution in [2.24, 2.45) is 5.73 Å². The van der Waals surface area contributed by atoms with Gasteiger partial charge in [0.2, 0.25) is 5.91 Å². The Labute approximate surface area is 178 Å². The smallest absolute Gasteiger partial charge is 0.413 e. The monoisotopic (exact) mass is 429 g/mol. The second-order valence-electron chi connectivity index (χ2n) is 6.20. The zero-order valence-corrected chi connectivity index (χ0v) is 16.6. The van der Waals surface area contributed by atoms with E-state index in [4.69, 9.17) is 19.9 Å². The Morgan fingerprint density at radius 1 is 0.839 bits per heavy atom. The Kier molecular flexibility index (Phi) is 9.34. The summed E-state index contributed by atoms with van der Waals surface area (Å²) in [5.41, 5.74) is 5.12. The Bertz CT molecular complexity index is 875. The number of carbonyl (C=O) groups is 4. The molecule has 0 radical (unpaired) electrons. The molecular formula is C21H23N3O7. The molecule has 10 heteroatoms. The summed E-state index contributed by atoms with van der Waals surface area (Å²) in [5.74, 6) is -0.793. The van der Waals surface area contributed by atoms with Crippen LogP contribution in [0.4, 0.5) is 9.59 Å². The van der Waals surface area contributed by atoms with Crippen LogP contribution in [-0.4, -0.2) is 43.3 Å². The van der Waals surface area contributed by atoms with Gasteiger partial charge >= 0.3 is 18.2 Å². The number of amides is 3. The van der Waals surface area contributed by atoms with Gasteiger partial charge in [-0.25, -0.2) is 14.4 Å². The first-order valence-electron chi connectivity index (χ1n) is 9.43. The lowest BCUT2D eigenvalue weighted by atomic mass is 10.1. The molecule has 2 aromatic carbocycles. The zero-order valence-electron chi connectivity index (χ0n) is 16.6. The molecule has 2 aromatic rings. The summed E-state index contributed by atoms with van der Waals surface area (Å²) in [6.45, 7) is -0.195. The minimum absolute atomic E-state index is 0.0194.